The summed E-state index contributed by atoms with van der Waals surface area (Å²) < 4.78 is 0. The Morgan fingerprint density at radius 2 is 1.63 bits per heavy atom. The molecule has 2 aliphatic heterocycles. The van der Waals surface area contributed by atoms with Crippen LogP contribution in [0.4, 0.5) is 10.5 Å². The molecule has 0 atom stereocenters. The number of aryl methyl sites for hydroxylation is 1. The van der Waals surface area contributed by atoms with Gasteiger partial charge in [-0.3, -0.25) is 9.69 Å². The van der Waals surface area contributed by atoms with Crippen LogP contribution in [0.1, 0.15) is 18.5 Å². The van der Waals surface area contributed by atoms with Crippen LogP contribution in [-0.2, 0) is 4.79 Å². The molecule has 8 nitrogen and oxygen atoms in total. The molecule has 2 aromatic rings. The first-order valence-electron chi connectivity index (χ1n) is 10.5. The van der Waals surface area contributed by atoms with Crippen molar-refractivity contribution in [2.45, 2.75) is 19.8 Å². The first kappa shape index (κ1) is 20.3. The van der Waals surface area contributed by atoms with Crippen LogP contribution >= 0.6 is 0 Å². The average molecular weight is 409 g/mol. The molecule has 2 fully saturated rings. The molecular formula is C22H28N6O2. The SMILES string of the molecule is Cc1ccnc(-c2ccc(NC(=O)N3CCN(CC(=O)N4CCCC4)CC3)cc2)n1. The molecule has 158 valence electrons. The number of piperazine rings is 1. The van der Waals surface area contributed by atoms with E-state index in [1.807, 2.05) is 42.2 Å². The largest absolute Gasteiger partial charge is 0.342 e. The van der Waals surface area contributed by atoms with Crippen LogP contribution in [0.15, 0.2) is 36.5 Å². The quantitative estimate of drug-likeness (QED) is 0.839. The molecular weight excluding hydrogens is 380 g/mol. The van der Waals surface area contributed by atoms with Gasteiger partial charge in [-0.2, -0.15) is 0 Å². The number of amides is 3. The Kier molecular flexibility index (Phi) is 6.23. The summed E-state index contributed by atoms with van der Waals surface area (Å²) in [5, 5.41) is 2.95. The summed E-state index contributed by atoms with van der Waals surface area (Å²) >= 11 is 0. The van der Waals surface area contributed by atoms with Crippen molar-refractivity contribution in [1.82, 2.24) is 24.7 Å². The zero-order chi connectivity index (χ0) is 20.9. The van der Waals surface area contributed by atoms with Gasteiger partial charge in [0, 0.05) is 62.4 Å². The molecule has 0 bridgehead atoms. The number of nitrogens with one attached hydrogen (secondary N) is 1. The van der Waals surface area contributed by atoms with Gasteiger partial charge in [0.1, 0.15) is 0 Å². The number of carbonyl (C=O) groups is 2. The maximum atomic E-state index is 12.6. The van der Waals surface area contributed by atoms with E-state index < -0.39 is 0 Å². The van der Waals surface area contributed by atoms with Gasteiger partial charge in [-0.1, -0.05) is 0 Å². The first-order chi connectivity index (χ1) is 14.6. The van der Waals surface area contributed by atoms with Gasteiger partial charge in [0.25, 0.3) is 0 Å². The summed E-state index contributed by atoms with van der Waals surface area (Å²) in [4.78, 5) is 39.5. The lowest BCUT2D eigenvalue weighted by molar-refractivity contribution is -0.131. The van der Waals surface area contributed by atoms with E-state index in [0.717, 1.165) is 56.0 Å². The maximum absolute atomic E-state index is 12.6. The molecule has 0 aliphatic carbocycles. The fourth-order valence-corrected chi connectivity index (χ4v) is 3.86. The molecule has 1 N–H and O–H groups in total. The second-order valence-electron chi connectivity index (χ2n) is 7.88. The van der Waals surface area contributed by atoms with E-state index in [-0.39, 0.29) is 11.9 Å². The fourth-order valence-electron chi connectivity index (χ4n) is 3.86. The van der Waals surface area contributed by atoms with Gasteiger partial charge in [0.05, 0.1) is 6.54 Å². The molecule has 0 saturated carbocycles. The Hall–Kier alpha value is -3.00. The molecule has 3 amide bonds. The Morgan fingerprint density at radius 3 is 2.30 bits per heavy atom. The molecule has 2 saturated heterocycles. The smallest absolute Gasteiger partial charge is 0.321 e. The number of nitrogens with zero attached hydrogens (tertiary/aromatic N) is 5. The molecule has 0 spiro atoms. The normalized spacial score (nSPS) is 17.2. The minimum atomic E-state index is -0.111. The van der Waals surface area contributed by atoms with E-state index in [2.05, 4.69) is 20.2 Å². The number of urea groups is 1. The average Bonchev–Trinajstić information content (AvgIpc) is 3.30. The minimum absolute atomic E-state index is 0.111. The highest BCUT2D eigenvalue weighted by molar-refractivity contribution is 5.89. The topological polar surface area (TPSA) is 81.7 Å². The van der Waals surface area contributed by atoms with E-state index in [9.17, 15) is 9.59 Å². The molecule has 2 aliphatic rings. The molecule has 4 rings (SSSR count). The second kappa shape index (κ2) is 9.21. The van der Waals surface area contributed by atoms with E-state index in [4.69, 9.17) is 0 Å². The summed E-state index contributed by atoms with van der Waals surface area (Å²) in [7, 11) is 0. The van der Waals surface area contributed by atoms with Gasteiger partial charge < -0.3 is 15.1 Å². The number of anilines is 1. The summed E-state index contributed by atoms with van der Waals surface area (Å²) in [6.45, 7) is 6.84. The van der Waals surface area contributed by atoms with Gasteiger partial charge in [-0.15, -0.1) is 0 Å². The summed E-state index contributed by atoms with van der Waals surface area (Å²) in [5.74, 6) is 0.885. The lowest BCUT2D eigenvalue weighted by atomic mass is 10.2. The van der Waals surface area contributed by atoms with Gasteiger partial charge in [0.2, 0.25) is 5.91 Å². The zero-order valence-electron chi connectivity index (χ0n) is 17.4. The van der Waals surface area contributed by atoms with Crippen LogP contribution in [0.2, 0.25) is 0 Å². The highest BCUT2D eigenvalue weighted by Gasteiger charge is 2.25. The van der Waals surface area contributed by atoms with Gasteiger partial charge >= 0.3 is 6.03 Å². The van der Waals surface area contributed by atoms with Crippen molar-refractivity contribution in [2.75, 3.05) is 51.1 Å². The predicted molar refractivity (Wildman–Crippen MR) is 115 cm³/mol. The molecule has 1 aromatic carbocycles. The number of carbonyl (C=O) groups excluding carboxylic acids is 2. The molecule has 0 radical (unpaired) electrons. The monoisotopic (exact) mass is 408 g/mol. The van der Waals surface area contributed by atoms with Crippen LogP contribution in [-0.4, -0.2) is 82.4 Å². The van der Waals surface area contributed by atoms with Crippen LogP contribution in [0.3, 0.4) is 0 Å². The Bertz CT molecular complexity index is 887. The van der Waals surface area contributed by atoms with Crippen molar-refractivity contribution < 1.29 is 9.59 Å². The highest BCUT2D eigenvalue weighted by Crippen LogP contribution is 2.18. The lowest BCUT2D eigenvalue weighted by Crippen LogP contribution is -2.52. The summed E-state index contributed by atoms with van der Waals surface area (Å²) in [6, 6.07) is 9.30. The zero-order valence-corrected chi connectivity index (χ0v) is 17.4. The van der Waals surface area contributed by atoms with E-state index in [0.29, 0.717) is 25.5 Å². The molecule has 8 heteroatoms. The third kappa shape index (κ3) is 4.94. The third-order valence-electron chi connectivity index (χ3n) is 5.67. The van der Waals surface area contributed by atoms with Crippen molar-refractivity contribution in [3.05, 3.63) is 42.2 Å². The third-order valence-corrected chi connectivity index (χ3v) is 5.67. The fraction of sp³-hybridized carbons (Fsp3) is 0.455. The molecule has 30 heavy (non-hydrogen) atoms. The van der Waals surface area contributed by atoms with Crippen molar-refractivity contribution in [3.63, 3.8) is 0 Å². The van der Waals surface area contributed by atoms with Gasteiger partial charge in [-0.05, 0) is 50.1 Å². The predicted octanol–water partition coefficient (Wildman–Crippen LogP) is 2.22. The van der Waals surface area contributed by atoms with Crippen LogP contribution in [0.25, 0.3) is 11.4 Å². The van der Waals surface area contributed by atoms with Gasteiger partial charge in [-0.25, -0.2) is 14.8 Å². The maximum Gasteiger partial charge on any atom is 0.321 e. The number of benzene rings is 1. The second-order valence-corrected chi connectivity index (χ2v) is 7.88. The first-order valence-corrected chi connectivity index (χ1v) is 10.5. The summed E-state index contributed by atoms with van der Waals surface area (Å²) in [6.07, 6.45) is 3.96. The number of aromatic nitrogens is 2. The molecule has 0 unspecified atom stereocenters. The Labute approximate surface area is 176 Å². The number of likely N-dealkylation sites (tertiary alicyclic amines) is 1. The highest BCUT2D eigenvalue weighted by atomic mass is 16.2. The standard InChI is InChI=1S/C22H28N6O2/c1-17-8-9-23-21(24-17)18-4-6-19(7-5-18)25-22(30)28-14-12-26(13-15-28)16-20(29)27-10-2-3-11-27/h4-9H,2-3,10-16H2,1H3,(H,25,30). The molecule has 3 heterocycles. The van der Waals surface area contributed by atoms with Crippen molar-refractivity contribution in [3.8, 4) is 11.4 Å². The van der Waals surface area contributed by atoms with Crippen LogP contribution < -0.4 is 5.32 Å². The Morgan fingerprint density at radius 1 is 0.933 bits per heavy atom. The number of hydrogen-bond donors (Lipinski definition) is 1. The van der Waals surface area contributed by atoms with Gasteiger partial charge in [0.15, 0.2) is 5.82 Å². The number of rotatable bonds is 4. The Balaban J connectivity index is 1.26. The summed E-state index contributed by atoms with van der Waals surface area (Å²) in [5.41, 5.74) is 2.56. The van der Waals surface area contributed by atoms with Crippen molar-refractivity contribution in [1.29, 1.82) is 0 Å². The lowest BCUT2D eigenvalue weighted by Gasteiger charge is -2.35. The van der Waals surface area contributed by atoms with E-state index >= 15 is 0 Å². The molecule has 1 aromatic heterocycles. The van der Waals surface area contributed by atoms with Crippen LogP contribution in [0.5, 0.6) is 0 Å². The van der Waals surface area contributed by atoms with Crippen molar-refractivity contribution in [2.24, 2.45) is 0 Å². The number of hydrogen-bond acceptors (Lipinski definition) is 5. The minimum Gasteiger partial charge on any atom is -0.342 e. The van der Waals surface area contributed by atoms with E-state index in [1.54, 1.807) is 11.1 Å². The van der Waals surface area contributed by atoms with E-state index in [1.165, 1.54) is 0 Å². The van der Waals surface area contributed by atoms with Crippen LogP contribution in [0, 0.1) is 6.92 Å². The van der Waals surface area contributed by atoms with Crippen molar-refractivity contribution >= 4 is 17.6 Å².